The first-order chi connectivity index (χ1) is 17.4. The topological polar surface area (TPSA) is 148 Å². The van der Waals surface area contributed by atoms with E-state index in [4.69, 9.17) is 20.4 Å². The SMILES string of the molecule is C=NC(Cc1c[nH]c2ccc(Oc3ccc(C(=O)O)cc3)cc12)C(=O)N([CH2-])C([CH2-])C#N.OOC(F)(F)F.[Y]. The van der Waals surface area contributed by atoms with E-state index in [1.54, 1.807) is 24.4 Å². The van der Waals surface area contributed by atoms with Crippen molar-refractivity contribution in [1.82, 2.24) is 9.88 Å². The van der Waals surface area contributed by atoms with E-state index in [2.05, 4.69) is 30.7 Å². The minimum Gasteiger partial charge on any atom is -0.505 e. The fraction of sp³-hybridized carbons (Fsp3) is 0.167. The van der Waals surface area contributed by atoms with Gasteiger partial charge < -0.3 is 26.7 Å². The van der Waals surface area contributed by atoms with Crippen LogP contribution in [-0.4, -0.2) is 57.3 Å². The van der Waals surface area contributed by atoms with E-state index < -0.39 is 30.3 Å². The molecule has 1 amide bonds. The molecule has 0 saturated carbocycles. The molecule has 2 unspecified atom stereocenters. The summed E-state index contributed by atoms with van der Waals surface area (Å²) >= 11 is 0. The molecule has 0 aliphatic rings. The summed E-state index contributed by atoms with van der Waals surface area (Å²) in [7, 11) is 3.59. The first-order valence-corrected chi connectivity index (χ1v) is 10.2. The number of carbonyl (C=O) groups is 2. The fourth-order valence-corrected chi connectivity index (χ4v) is 3.04. The second kappa shape index (κ2) is 14.6. The zero-order valence-corrected chi connectivity index (χ0v) is 22.5. The molecular formula is C24H21F3N4O6Y-2. The van der Waals surface area contributed by atoms with Crippen molar-refractivity contribution in [2.45, 2.75) is 24.9 Å². The third kappa shape index (κ3) is 9.22. The molecule has 14 heteroatoms. The summed E-state index contributed by atoms with van der Waals surface area (Å²) in [5.74, 6) is -0.414. The van der Waals surface area contributed by atoms with Gasteiger partial charge in [0, 0.05) is 56.2 Å². The number of nitriles is 1. The van der Waals surface area contributed by atoms with Gasteiger partial charge >= 0.3 is 12.3 Å². The van der Waals surface area contributed by atoms with Gasteiger partial charge in [0.2, 0.25) is 5.91 Å². The molecule has 3 N–H and O–H groups in total. The van der Waals surface area contributed by atoms with Crippen molar-refractivity contribution in [2.24, 2.45) is 4.99 Å². The average molecular weight is 607 g/mol. The van der Waals surface area contributed by atoms with E-state index in [1.165, 1.54) is 12.1 Å². The fourth-order valence-electron chi connectivity index (χ4n) is 3.04. The number of aliphatic imine (C=N–C) groups is 1. The number of carboxylic acid groups (broad SMARTS) is 1. The predicted molar refractivity (Wildman–Crippen MR) is 126 cm³/mol. The van der Waals surface area contributed by atoms with Gasteiger partial charge in [0.05, 0.1) is 11.6 Å². The number of rotatable bonds is 8. The molecule has 199 valence electrons. The smallest absolute Gasteiger partial charge is 0.505 e. The van der Waals surface area contributed by atoms with Crippen LogP contribution < -0.4 is 4.74 Å². The van der Waals surface area contributed by atoms with Crippen molar-refractivity contribution in [1.29, 1.82) is 5.26 Å². The van der Waals surface area contributed by atoms with Crippen LogP contribution >= 0.6 is 0 Å². The summed E-state index contributed by atoms with van der Waals surface area (Å²) in [5.41, 5.74) is 1.83. The second-order valence-corrected chi connectivity index (χ2v) is 7.35. The number of ether oxygens (including phenoxy) is 1. The Hall–Kier alpha value is -3.31. The first-order valence-electron chi connectivity index (χ1n) is 10.2. The number of aromatic carboxylic acids is 1. The third-order valence-corrected chi connectivity index (χ3v) is 4.91. The van der Waals surface area contributed by atoms with Crippen molar-refractivity contribution in [3.05, 3.63) is 73.8 Å². The Labute approximate surface area is 240 Å². The number of alkyl halides is 3. The van der Waals surface area contributed by atoms with Gasteiger partial charge in [-0.2, -0.15) is 5.26 Å². The maximum absolute atomic E-state index is 12.6. The number of H-pyrrole nitrogens is 1. The number of hydrogen-bond donors (Lipinski definition) is 3. The third-order valence-electron chi connectivity index (χ3n) is 4.91. The minimum atomic E-state index is -4.90. The van der Waals surface area contributed by atoms with Crippen molar-refractivity contribution >= 4 is 29.5 Å². The van der Waals surface area contributed by atoms with Crippen LogP contribution in [0.5, 0.6) is 11.5 Å². The summed E-state index contributed by atoms with van der Waals surface area (Å²) in [4.78, 5) is 33.5. The largest absolute Gasteiger partial charge is 0.549 e. The van der Waals surface area contributed by atoms with Crippen LogP contribution in [0.4, 0.5) is 13.2 Å². The first kappa shape index (κ1) is 32.7. The molecule has 0 aliphatic carbocycles. The summed E-state index contributed by atoms with van der Waals surface area (Å²) in [6, 6.07) is 11.6. The monoisotopic (exact) mass is 607 g/mol. The Morgan fingerprint density at radius 2 is 1.79 bits per heavy atom. The van der Waals surface area contributed by atoms with Crippen molar-refractivity contribution in [3.63, 3.8) is 0 Å². The number of benzene rings is 2. The van der Waals surface area contributed by atoms with Gasteiger partial charge in [0.1, 0.15) is 17.5 Å². The van der Waals surface area contributed by atoms with Crippen molar-refractivity contribution in [3.8, 4) is 17.6 Å². The molecule has 0 fully saturated rings. The molecule has 1 aromatic heterocycles. The number of carboxylic acids is 1. The van der Waals surface area contributed by atoms with E-state index in [-0.39, 0.29) is 44.7 Å². The minimum absolute atomic E-state index is 0. The number of amides is 1. The van der Waals surface area contributed by atoms with Gasteiger partial charge in [0.15, 0.2) is 0 Å². The van der Waals surface area contributed by atoms with E-state index in [9.17, 15) is 22.8 Å². The molecule has 2 aromatic carbocycles. The maximum Gasteiger partial charge on any atom is 0.549 e. The molecule has 0 saturated heterocycles. The van der Waals surface area contributed by atoms with E-state index in [1.807, 2.05) is 23.1 Å². The van der Waals surface area contributed by atoms with Gasteiger partial charge in [-0.15, -0.1) is 18.1 Å². The van der Waals surface area contributed by atoms with Gasteiger partial charge in [0.25, 0.3) is 0 Å². The normalized spacial score (nSPS) is 12.1. The zero-order chi connectivity index (χ0) is 27.8. The van der Waals surface area contributed by atoms with Crippen LogP contribution in [-0.2, 0) is 48.8 Å². The van der Waals surface area contributed by atoms with Crippen molar-refractivity contribution < 1.29 is 75.5 Å². The Morgan fingerprint density at radius 1 is 1.21 bits per heavy atom. The summed E-state index contributed by atoms with van der Waals surface area (Å²) in [5, 5.41) is 25.6. The number of hydrogen-bond acceptors (Lipinski definition) is 7. The maximum atomic E-state index is 12.6. The molecule has 2 atom stereocenters. The van der Waals surface area contributed by atoms with E-state index in [0.29, 0.717) is 11.5 Å². The zero-order valence-electron chi connectivity index (χ0n) is 19.7. The molecule has 1 radical (unpaired) electrons. The predicted octanol–water partition coefficient (Wildman–Crippen LogP) is 4.61. The summed E-state index contributed by atoms with van der Waals surface area (Å²) in [6.07, 6.45) is -2.87. The van der Waals surface area contributed by atoms with Gasteiger partial charge in [-0.3, -0.25) is 16.8 Å². The van der Waals surface area contributed by atoms with Crippen LogP contribution in [0.2, 0.25) is 0 Å². The molecule has 0 spiro atoms. The summed E-state index contributed by atoms with van der Waals surface area (Å²) in [6.45, 7) is 7.07. The number of aromatic nitrogens is 1. The Morgan fingerprint density at radius 3 is 2.29 bits per heavy atom. The standard InChI is InChI=1S/C23H20N4O4.CHF3O2.Y/c1-14(12-24)27(3)22(28)21(25-2)10-16-13-26-20-9-8-18(11-19(16)20)31-17-6-4-15(5-7-17)23(29)30;2-1(3,4)6-5;/h4-9,11,13-14,21,26H,1-3,10H2,(H,29,30);5H;/q-2;;. The van der Waals surface area contributed by atoms with E-state index in [0.717, 1.165) is 21.4 Å². The number of aromatic amines is 1. The summed E-state index contributed by atoms with van der Waals surface area (Å²) < 4.78 is 36.8. The van der Waals surface area contributed by atoms with Crippen LogP contribution in [0, 0.1) is 25.3 Å². The Balaban J connectivity index is 0.000000925. The Bertz CT molecular complexity index is 1290. The van der Waals surface area contributed by atoms with E-state index >= 15 is 0 Å². The quantitative estimate of drug-likeness (QED) is 0.147. The molecule has 1 heterocycles. The number of carbonyl (C=O) groups excluding carboxylic acids is 1. The molecule has 3 rings (SSSR count). The Kier molecular flexibility index (Phi) is 12.6. The second-order valence-electron chi connectivity index (χ2n) is 7.35. The molecule has 10 nitrogen and oxygen atoms in total. The van der Waals surface area contributed by atoms with Crippen molar-refractivity contribution in [2.75, 3.05) is 0 Å². The number of nitrogens with one attached hydrogen (secondary N) is 1. The molecular weight excluding hydrogens is 586 g/mol. The number of fused-ring (bicyclic) bond motifs is 1. The average Bonchev–Trinajstić information content (AvgIpc) is 3.28. The van der Waals surface area contributed by atoms with Crippen LogP contribution in [0.3, 0.4) is 0 Å². The van der Waals surface area contributed by atoms with Gasteiger partial charge in [-0.1, -0.05) is 0 Å². The molecule has 38 heavy (non-hydrogen) atoms. The van der Waals surface area contributed by atoms with Crippen LogP contribution in [0.1, 0.15) is 15.9 Å². The number of nitrogens with zero attached hydrogens (tertiary/aromatic N) is 3. The van der Waals surface area contributed by atoms with Gasteiger partial charge in [-0.05, 0) is 60.8 Å². The van der Waals surface area contributed by atoms with Gasteiger partial charge in [-0.25, -0.2) is 10.1 Å². The van der Waals surface area contributed by atoms with Crippen LogP contribution in [0.25, 0.3) is 10.9 Å². The molecule has 3 aromatic rings. The molecule has 0 aliphatic heterocycles. The molecule has 0 bridgehead atoms. The number of halogens is 3. The van der Waals surface area contributed by atoms with Crippen LogP contribution in [0.15, 0.2) is 53.7 Å².